The topological polar surface area (TPSA) is 91.3 Å². The van der Waals surface area contributed by atoms with Gasteiger partial charge >= 0.3 is 5.97 Å². The normalized spacial score (nSPS) is 21.1. The van der Waals surface area contributed by atoms with E-state index in [1.54, 1.807) is 18.3 Å². The molecule has 22 heavy (non-hydrogen) atoms. The van der Waals surface area contributed by atoms with Gasteiger partial charge in [-0.25, -0.2) is 4.98 Å². The maximum atomic E-state index is 11.8. The minimum atomic E-state index is -0.695. The van der Waals surface area contributed by atoms with Gasteiger partial charge in [0.05, 0.1) is 11.5 Å². The Hall–Kier alpha value is -2.11. The van der Waals surface area contributed by atoms with Crippen LogP contribution < -0.4 is 10.6 Å². The van der Waals surface area contributed by atoms with Crippen molar-refractivity contribution < 1.29 is 14.7 Å². The van der Waals surface area contributed by atoms with Crippen molar-refractivity contribution in [2.45, 2.75) is 45.1 Å². The zero-order chi connectivity index (χ0) is 15.9. The van der Waals surface area contributed by atoms with E-state index in [1.807, 2.05) is 6.92 Å². The van der Waals surface area contributed by atoms with E-state index in [9.17, 15) is 9.59 Å². The lowest BCUT2D eigenvalue weighted by molar-refractivity contribution is -0.142. The lowest BCUT2D eigenvalue weighted by atomic mass is 9.86. The van der Waals surface area contributed by atoms with Crippen molar-refractivity contribution in [1.29, 1.82) is 0 Å². The summed E-state index contributed by atoms with van der Waals surface area (Å²) in [5.74, 6) is -0.289. The number of aliphatic carboxylic acids is 1. The molecule has 1 aromatic heterocycles. The zero-order valence-electron chi connectivity index (χ0n) is 12.8. The fraction of sp³-hybridized carbons (Fsp3) is 0.562. The first kappa shape index (κ1) is 16.3. The third kappa shape index (κ3) is 4.44. The predicted molar refractivity (Wildman–Crippen MR) is 83.9 cm³/mol. The van der Waals surface area contributed by atoms with E-state index in [-0.39, 0.29) is 17.9 Å². The first-order valence-corrected chi connectivity index (χ1v) is 7.83. The first-order valence-electron chi connectivity index (χ1n) is 7.83. The lowest BCUT2D eigenvalue weighted by Gasteiger charge is -2.27. The molecule has 6 nitrogen and oxygen atoms in total. The minimum absolute atomic E-state index is 0.108. The number of rotatable bonds is 6. The first-order chi connectivity index (χ1) is 10.6. The van der Waals surface area contributed by atoms with Gasteiger partial charge in [-0.1, -0.05) is 6.92 Å². The number of hydrogen-bond donors (Lipinski definition) is 3. The van der Waals surface area contributed by atoms with Gasteiger partial charge < -0.3 is 15.7 Å². The Kier molecular flexibility index (Phi) is 5.75. The monoisotopic (exact) mass is 305 g/mol. The molecule has 0 unspecified atom stereocenters. The van der Waals surface area contributed by atoms with Gasteiger partial charge in [0.2, 0.25) is 0 Å². The van der Waals surface area contributed by atoms with Crippen molar-refractivity contribution in [1.82, 2.24) is 10.3 Å². The van der Waals surface area contributed by atoms with Crippen LogP contribution >= 0.6 is 0 Å². The molecule has 1 amide bonds. The predicted octanol–water partition coefficient (Wildman–Crippen LogP) is 2.28. The SMILES string of the molecule is CCCNC(=O)c1ccc(NC2CCC(C(=O)O)CC2)nc1. The number of amides is 1. The molecule has 0 aromatic carbocycles. The van der Waals surface area contributed by atoms with E-state index in [4.69, 9.17) is 5.11 Å². The Labute approximate surface area is 130 Å². The van der Waals surface area contributed by atoms with Gasteiger partial charge in [-0.3, -0.25) is 9.59 Å². The Morgan fingerprint density at radius 3 is 2.55 bits per heavy atom. The Morgan fingerprint density at radius 2 is 2.00 bits per heavy atom. The number of carbonyl (C=O) groups is 2. The van der Waals surface area contributed by atoms with E-state index in [0.717, 1.165) is 25.1 Å². The number of nitrogens with zero attached hydrogens (tertiary/aromatic N) is 1. The van der Waals surface area contributed by atoms with Crippen LogP contribution in [0.4, 0.5) is 5.82 Å². The smallest absolute Gasteiger partial charge is 0.306 e. The number of carboxylic acids is 1. The van der Waals surface area contributed by atoms with Crippen LogP contribution in [0.25, 0.3) is 0 Å². The Bertz CT molecular complexity index is 508. The fourth-order valence-electron chi connectivity index (χ4n) is 2.65. The summed E-state index contributed by atoms with van der Waals surface area (Å²) in [6.07, 6.45) is 5.53. The van der Waals surface area contributed by atoms with Gasteiger partial charge in [0.25, 0.3) is 5.91 Å². The van der Waals surface area contributed by atoms with Crippen LogP contribution in [-0.4, -0.2) is 34.6 Å². The molecule has 1 saturated carbocycles. The molecule has 0 spiro atoms. The molecule has 2 rings (SSSR count). The highest BCUT2D eigenvalue weighted by atomic mass is 16.4. The summed E-state index contributed by atoms with van der Waals surface area (Å²) >= 11 is 0. The third-order valence-corrected chi connectivity index (χ3v) is 3.99. The summed E-state index contributed by atoms with van der Waals surface area (Å²) in [5.41, 5.74) is 0.550. The van der Waals surface area contributed by atoms with Gasteiger partial charge in [0, 0.05) is 18.8 Å². The number of carboxylic acid groups (broad SMARTS) is 1. The molecule has 0 bridgehead atoms. The van der Waals surface area contributed by atoms with E-state index in [1.165, 1.54) is 0 Å². The number of nitrogens with one attached hydrogen (secondary N) is 2. The summed E-state index contributed by atoms with van der Waals surface area (Å²) < 4.78 is 0. The molecule has 1 aliphatic rings. The minimum Gasteiger partial charge on any atom is -0.481 e. The highest BCUT2D eigenvalue weighted by Crippen LogP contribution is 2.26. The maximum Gasteiger partial charge on any atom is 0.306 e. The molecule has 6 heteroatoms. The third-order valence-electron chi connectivity index (χ3n) is 3.99. The molecule has 1 aromatic rings. The molecule has 120 valence electrons. The van der Waals surface area contributed by atoms with Crippen molar-refractivity contribution in [2.24, 2.45) is 5.92 Å². The molecule has 1 heterocycles. The van der Waals surface area contributed by atoms with E-state index in [2.05, 4.69) is 15.6 Å². The van der Waals surface area contributed by atoms with Crippen molar-refractivity contribution in [3.63, 3.8) is 0 Å². The number of pyridine rings is 1. The second-order valence-corrected chi connectivity index (χ2v) is 5.72. The number of anilines is 1. The number of hydrogen-bond acceptors (Lipinski definition) is 4. The highest BCUT2D eigenvalue weighted by molar-refractivity contribution is 5.94. The lowest BCUT2D eigenvalue weighted by Crippen LogP contribution is -2.29. The summed E-state index contributed by atoms with van der Waals surface area (Å²) in [6, 6.07) is 3.80. The van der Waals surface area contributed by atoms with Crippen molar-refractivity contribution >= 4 is 17.7 Å². The van der Waals surface area contributed by atoms with Crippen LogP contribution in [0.1, 0.15) is 49.4 Å². The molecule has 0 saturated heterocycles. The van der Waals surface area contributed by atoms with Gasteiger partial charge in [0.15, 0.2) is 0 Å². The van der Waals surface area contributed by atoms with Gasteiger partial charge in [0.1, 0.15) is 5.82 Å². The molecule has 3 N–H and O–H groups in total. The van der Waals surface area contributed by atoms with Crippen LogP contribution in [0, 0.1) is 5.92 Å². The average molecular weight is 305 g/mol. The van der Waals surface area contributed by atoms with Crippen LogP contribution in [0.15, 0.2) is 18.3 Å². The Morgan fingerprint density at radius 1 is 1.27 bits per heavy atom. The summed E-state index contributed by atoms with van der Waals surface area (Å²) in [5, 5.41) is 15.1. The summed E-state index contributed by atoms with van der Waals surface area (Å²) in [4.78, 5) is 27.0. The summed E-state index contributed by atoms with van der Waals surface area (Å²) in [6.45, 7) is 2.66. The highest BCUT2D eigenvalue weighted by Gasteiger charge is 2.25. The molecule has 0 radical (unpaired) electrons. The Balaban J connectivity index is 1.84. The molecule has 1 fully saturated rings. The van der Waals surface area contributed by atoms with E-state index in [0.29, 0.717) is 24.9 Å². The maximum absolute atomic E-state index is 11.8. The van der Waals surface area contributed by atoms with E-state index < -0.39 is 5.97 Å². The van der Waals surface area contributed by atoms with Crippen molar-refractivity contribution in [3.05, 3.63) is 23.9 Å². The second kappa shape index (κ2) is 7.77. The van der Waals surface area contributed by atoms with Crippen LogP contribution in [-0.2, 0) is 4.79 Å². The number of carbonyl (C=O) groups excluding carboxylic acids is 1. The van der Waals surface area contributed by atoms with E-state index >= 15 is 0 Å². The molecular formula is C16H23N3O3. The van der Waals surface area contributed by atoms with Crippen molar-refractivity contribution in [2.75, 3.05) is 11.9 Å². The average Bonchev–Trinajstić information content (AvgIpc) is 2.54. The molecule has 1 aliphatic carbocycles. The van der Waals surface area contributed by atoms with Crippen LogP contribution in [0.5, 0.6) is 0 Å². The standard InChI is InChI=1S/C16H23N3O3/c1-2-9-17-15(20)12-5-8-14(18-10-12)19-13-6-3-11(4-7-13)16(21)22/h5,8,10-11,13H,2-4,6-7,9H2,1H3,(H,17,20)(H,18,19)(H,21,22). The molecular weight excluding hydrogens is 282 g/mol. The molecule has 0 atom stereocenters. The van der Waals surface area contributed by atoms with Gasteiger partial charge in [-0.15, -0.1) is 0 Å². The van der Waals surface area contributed by atoms with Crippen LogP contribution in [0.3, 0.4) is 0 Å². The number of aromatic nitrogens is 1. The zero-order valence-corrected chi connectivity index (χ0v) is 12.8. The fourth-order valence-corrected chi connectivity index (χ4v) is 2.65. The largest absolute Gasteiger partial charge is 0.481 e. The summed E-state index contributed by atoms with van der Waals surface area (Å²) in [7, 11) is 0. The molecule has 0 aliphatic heterocycles. The quantitative estimate of drug-likeness (QED) is 0.750. The van der Waals surface area contributed by atoms with Crippen molar-refractivity contribution in [3.8, 4) is 0 Å². The van der Waals surface area contributed by atoms with Crippen LogP contribution in [0.2, 0.25) is 0 Å². The van der Waals surface area contributed by atoms with Gasteiger partial charge in [-0.2, -0.15) is 0 Å². The van der Waals surface area contributed by atoms with Gasteiger partial charge in [-0.05, 0) is 44.2 Å². The second-order valence-electron chi connectivity index (χ2n) is 5.72.